The van der Waals surface area contributed by atoms with Gasteiger partial charge in [-0.3, -0.25) is 4.90 Å². The van der Waals surface area contributed by atoms with Gasteiger partial charge in [0.05, 0.1) is 11.1 Å². The molecular formula is C6H13NS2. The van der Waals surface area contributed by atoms with Gasteiger partial charge in [-0.1, -0.05) is 0 Å². The fraction of sp³-hybridized carbons (Fsp3) is 0.833. The van der Waals surface area contributed by atoms with Crippen molar-refractivity contribution in [3.05, 3.63) is 6.54 Å². The van der Waals surface area contributed by atoms with Crippen molar-refractivity contribution in [2.45, 2.75) is 4.58 Å². The van der Waals surface area contributed by atoms with E-state index < -0.39 is 0 Å². The Kier molecular flexibility index (Phi) is 5.84. The molecule has 0 aromatic rings. The quantitative estimate of drug-likeness (QED) is 0.458. The van der Waals surface area contributed by atoms with E-state index in [4.69, 9.17) is 0 Å². The zero-order valence-electron chi connectivity index (χ0n) is 6.34. The molecule has 0 aromatic heterocycles. The van der Waals surface area contributed by atoms with Crippen LogP contribution in [-0.4, -0.2) is 36.1 Å². The molecule has 0 unspecified atom stereocenters. The molecule has 0 heterocycles. The second-order valence-corrected chi connectivity index (χ2v) is 4.01. The van der Waals surface area contributed by atoms with E-state index in [1.165, 1.54) is 0 Å². The van der Waals surface area contributed by atoms with Crippen molar-refractivity contribution in [3.8, 4) is 0 Å². The molecule has 0 saturated heterocycles. The zero-order valence-corrected chi connectivity index (χ0v) is 7.97. The molecule has 0 aromatic carbocycles. The van der Waals surface area contributed by atoms with Crippen molar-refractivity contribution in [1.82, 2.24) is 4.90 Å². The molecule has 54 valence electrons. The van der Waals surface area contributed by atoms with Crippen molar-refractivity contribution in [2.24, 2.45) is 0 Å². The van der Waals surface area contributed by atoms with Crippen LogP contribution in [0.15, 0.2) is 0 Å². The summed E-state index contributed by atoms with van der Waals surface area (Å²) in [5.74, 6) is 0. The normalized spacial score (nSPS) is 11.3. The first kappa shape index (κ1) is 9.66. The molecule has 0 spiro atoms. The first-order valence-electron chi connectivity index (χ1n) is 2.69. The second kappa shape index (κ2) is 5.45. The van der Waals surface area contributed by atoms with Gasteiger partial charge in [0.1, 0.15) is 0 Å². The summed E-state index contributed by atoms with van der Waals surface area (Å²) in [6.07, 6.45) is 4.19. The van der Waals surface area contributed by atoms with Gasteiger partial charge in [0.2, 0.25) is 0 Å². The molecule has 0 bridgehead atoms. The van der Waals surface area contributed by atoms with E-state index in [1.54, 1.807) is 0 Å². The number of thioether (sulfide) groups is 2. The topological polar surface area (TPSA) is 3.24 Å². The first-order chi connectivity index (χ1) is 4.20. The van der Waals surface area contributed by atoms with Gasteiger partial charge in [-0.2, -0.15) is 0 Å². The minimum absolute atomic E-state index is 0.486. The van der Waals surface area contributed by atoms with Crippen LogP contribution >= 0.6 is 23.5 Å². The highest BCUT2D eigenvalue weighted by Crippen LogP contribution is 2.21. The molecule has 0 N–H and O–H groups in total. The van der Waals surface area contributed by atoms with Crippen LogP contribution in [0.2, 0.25) is 0 Å². The lowest BCUT2D eigenvalue weighted by molar-refractivity contribution is 0.502. The Labute approximate surface area is 66.6 Å². The van der Waals surface area contributed by atoms with E-state index >= 15 is 0 Å². The molecule has 0 aliphatic rings. The van der Waals surface area contributed by atoms with E-state index in [1.807, 2.05) is 42.5 Å². The highest BCUT2D eigenvalue weighted by Gasteiger charge is 2.05. The molecule has 0 aliphatic heterocycles. The highest BCUT2D eigenvalue weighted by molar-refractivity contribution is 8.16. The second-order valence-electron chi connectivity index (χ2n) is 1.83. The van der Waals surface area contributed by atoms with Crippen molar-refractivity contribution in [2.75, 3.05) is 26.6 Å². The first-order valence-corrected chi connectivity index (χ1v) is 5.27. The molecular weight excluding hydrogens is 150 g/mol. The Morgan fingerprint density at radius 3 is 1.78 bits per heavy atom. The summed E-state index contributed by atoms with van der Waals surface area (Å²) in [5.41, 5.74) is 0. The Balaban J connectivity index is 3.31. The van der Waals surface area contributed by atoms with Crippen LogP contribution in [0, 0.1) is 6.54 Å². The third-order valence-corrected chi connectivity index (χ3v) is 3.01. The van der Waals surface area contributed by atoms with Crippen LogP contribution in [0.5, 0.6) is 0 Å². The van der Waals surface area contributed by atoms with Crippen LogP contribution in [0.25, 0.3) is 0 Å². The van der Waals surface area contributed by atoms with Crippen molar-refractivity contribution in [3.63, 3.8) is 0 Å². The lowest BCUT2D eigenvalue weighted by atomic mass is 10.7. The summed E-state index contributed by atoms with van der Waals surface area (Å²) in [6, 6.07) is 0. The molecule has 0 amide bonds. The summed E-state index contributed by atoms with van der Waals surface area (Å²) in [7, 11) is 4.00. The lowest BCUT2D eigenvalue weighted by Gasteiger charge is -2.14. The van der Waals surface area contributed by atoms with E-state index in [-0.39, 0.29) is 0 Å². The molecule has 0 atom stereocenters. The average Bonchev–Trinajstić information content (AvgIpc) is 1.82. The number of hydrogen-bond donors (Lipinski definition) is 0. The molecule has 0 aliphatic carbocycles. The molecule has 0 rings (SSSR count). The zero-order chi connectivity index (χ0) is 7.28. The molecule has 9 heavy (non-hydrogen) atoms. The lowest BCUT2D eigenvalue weighted by Crippen LogP contribution is -2.14. The van der Waals surface area contributed by atoms with Crippen LogP contribution in [0.1, 0.15) is 0 Å². The highest BCUT2D eigenvalue weighted by atomic mass is 32.2. The average molecular weight is 163 g/mol. The van der Waals surface area contributed by atoms with Gasteiger partial charge in [0, 0.05) is 0 Å². The van der Waals surface area contributed by atoms with Gasteiger partial charge in [0.15, 0.2) is 0 Å². The Morgan fingerprint density at radius 2 is 1.67 bits per heavy atom. The van der Waals surface area contributed by atoms with E-state index in [0.717, 1.165) is 0 Å². The summed E-state index contributed by atoms with van der Waals surface area (Å²) in [4.78, 5) is 1.97. The van der Waals surface area contributed by atoms with Crippen molar-refractivity contribution in [1.29, 1.82) is 0 Å². The number of rotatable bonds is 4. The fourth-order valence-corrected chi connectivity index (χ4v) is 1.81. The minimum Gasteiger partial charge on any atom is -0.298 e. The maximum Gasteiger partial charge on any atom is 0.0862 e. The standard InChI is InChI=1S/C6H13NS2/c1-7(2)5-6(8-3)9-4/h6H,1-4H3. The fourth-order valence-electron chi connectivity index (χ4n) is 0.412. The Hall–Kier alpha value is 0.660. The largest absolute Gasteiger partial charge is 0.298 e. The van der Waals surface area contributed by atoms with Crippen LogP contribution in [0.4, 0.5) is 0 Å². The van der Waals surface area contributed by atoms with Crippen LogP contribution in [0.3, 0.4) is 0 Å². The number of nitrogens with zero attached hydrogens (tertiary/aromatic N) is 1. The summed E-state index contributed by atoms with van der Waals surface area (Å²) in [6.45, 7) is 3.24. The van der Waals surface area contributed by atoms with Gasteiger partial charge >= 0.3 is 0 Å². The minimum atomic E-state index is 0.486. The van der Waals surface area contributed by atoms with Gasteiger partial charge in [-0.05, 0) is 26.6 Å². The van der Waals surface area contributed by atoms with Crippen molar-refractivity contribution >= 4 is 23.5 Å². The maximum absolute atomic E-state index is 3.24. The number of hydrogen-bond acceptors (Lipinski definition) is 3. The van der Waals surface area contributed by atoms with Crippen molar-refractivity contribution < 1.29 is 0 Å². The summed E-state index contributed by atoms with van der Waals surface area (Å²) in [5, 5.41) is 0. The van der Waals surface area contributed by atoms with Gasteiger partial charge in [0.25, 0.3) is 0 Å². The van der Waals surface area contributed by atoms with E-state index in [2.05, 4.69) is 19.1 Å². The maximum atomic E-state index is 3.24. The van der Waals surface area contributed by atoms with E-state index in [9.17, 15) is 0 Å². The molecule has 0 fully saturated rings. The molecule has 0 saturated carbocycles. The SMILES string of the molecule is CSC([C]N(C)C)SC. The third-order valence-electron chi connectivity index (χ3n) is 0.792. The summed E-state index contributed by atoms with van der Waals surface area (Å²) < 4.78 is 0.486. The smallest absolute Gasteiger partial charge is 0.0862 e. The van der Waals surface area contributed by atoms with Gasteiger partial charge in [-0.25, -0.2) is 0 Å². The van der Waals surface area contributed by atoms with Gasteiger partial charge < -0.3 is 0 Å². The summed E-state index contributed by atoms with van der Waals surface area (Å²) >= 11 is 3.62. The van der Waals surface area contributed by atoms with Crippen LogP contribution < -0.4 is 0 Å². The van der Waals surface area contributed by atoms with E-state index in [0.29, 0.717) is 4.58 Å². The third kappa shape index (κ3) is 5.12. The molecule has 3 heteroatoms. The Bertz CT molecular complexity index is 62.1. The van der Waals surface area contributed by atoms with Crippen LogP contribution in [-0.2, 0) is 0 Å². The van der Waals surface area contributed by atoms with Gasteiger partial charge in [-0.15, -0.1) is 23.5 Å². The molecule has 1 nitrogen and oxygen atoms in total. The predicted octanol–water partition coefficient (Wildman–Crippen LogP) is 1.64. The predicted molar refractivity (Wildman–Crippen MR) is 47.7 cm³/mol. The molecule has 2 radical (unpaired) electrons. The Morgan fingerprint density at radius 1 is 1.22 bits per heavy atom. The monoisotopic (exact) mass is 163 g/mol.